The number of nitrogens with zero attached hydrogens (tertiary/aromatic N) is 2. The third kappa shape index (κ3) is 4.80. The Morgan fingerprint density at radius 1 is 1.47 bits per heavy atom. The van der Waals surface area contributed by atoms with Gasteiger partial charge in [0.25, 0.3) is 0 Å². The Balaban J connectivity index is 2.65. The summed E-state index contributed by atoms with van der Waals surface area (Å²) in [6.07, 6.45) is 1.78. The molecular formula is C11H13ClN2O5. The smallest absolute Gasteiger partial charge is 0.345 e. The number of rotatable bonds is 7. The SMILES string of the molecule is CCCOCCOC(=O)c1cc(Cl)ncc1[N+](=O)[O-]. The van der Waals surface area contributed by atoms with Gasteiger partial charge in [0.15, 0.2) is 0 Å². The van der Waals surface area contributed by atoms with Gasteiger partial charge in [-0.3, -0.25) is 10.1 Å². The van der Waals surface area contributed by atoms with Crippen LogP contribution in [0.25, 0.3) is 0 Å². The summed E-state index contributed by atoms with van der Waals surface area (Å²) in [6.45, 7) is 2.79. The summed E-state index contributed by atoms with van der Waals surface area (Å²) >= 11 is 5.60. The quantitative estimate of drug-likeness (QED) is 0.251. The molecule has 0 N–H and O–H groups in total. The van der Waals surface area contributed by atoms with Gasteiger partial charge >= 0.3 is 11.7 Å². The third-order valence-electron chi connectivity index (χ3n) is 2.08. The van der Waals surface area contributed by atoms with E-state index in [1.165, 1.54) is 0 Å². The van der Waals surface area contributed by atoms with Crippen LogP contribution in [0.2, 0.25) is 5.15 Å². The fourth-order valence-electron chi connectivity index (χ4n) is 1.25. The molecule has 8 heteroatoms. The lowest BCUT2D eigenvalue weighted by Crippen LogP contribution is -2.13. The molecule has 0 atom stereocenters. The molecule has 19 heavy (non-hydrogen) atoms. The number of pyridine rings is 1. The zero-order valence-electron chi connectivity index (χ0n) is 10.3. The molecule has 0 aliphatic heterocycles. The number of aromatic nitrogens is 1. The second kappa shape index (κ2) is 7.65. The first-order valence-corrected chi connectivity index (χ1v) is 5.98. The molecule has 104 valence electrons. The van der Waals surface area contributed by atoms with Crippen molar-refractivity contribution in [3.8, 4) is 0 Å². The predicted molar refractivity (Wildman–Crippen MR) is 67.3 cm³/mol. The van der Waals surface area contributed by atoms with Crippen molar-refractivity contribution in [1.82, 2.24) is 4.98 Å². The normalized spacial score (nSPS) is 10.2. The molecule has 0 aliphatic rings. The first-order valence-electron chi connectivity index (χ1n) is 5.61. The van der Waals surface area contributed by atoms with Gasteiger partial charge < -0.3 is 9.47 Å². The second-order valence-electron chi connectivity index (χ2n) is 3.53. The monoisotopic (exact) mass is 288 g/mol. The molecule has 0 amide bonds. The van der Waals surface area contributed by atoms with Crippen molar-refractivity contribution in [3.63, 3.8) is 0 Å². The van der Waals surface area contributed by atoms with Crippen molar-refractivity contribution in [3.05, 3.63) is 33.1 Å². The van der Waals surface area contributed by atoms with E-state index in [1.807, 2.05) is 6.92 Å². The summed E-state index contributed by atoms with van der Waals surface area (Å²) < 4.78 is 9.99. The van der Waals surface area contributed by atoms with E-state index in [9.17, 15) is 14.9 Å². The molecule has 1 heterocycles. The van der Waals surface area contributed by atoms with E-state index in [4.69, 9.17) is 21.1 Å². The van der Waals surface area contributed by atoms with Gasteiger partial charge in [-0.2, -0.15) is 0 Å². The second-order valence-corrected chi connectivity index (χ2v) is 3.92. The Morgan fingerprint density at radius 3 is 2.84 bits per heavy atom. The van der Waals surface area contributed by atoms with Crippen molar-refractivity contribution in [2.75, 3.05) is 19.8 Å². The Morgan fingerprint density at radius 2 is 2.21 bits per heavy atom. The van der Waals surface area contributed by atoms with Crippen LogP contribution in [0.15, 0.2) is 12.3 Å². The number of hydrogen-bond donors (Lipinski definition) is 0. The fraction of sp³-hybridized carbons (Fsp3) is 0.455. The maximum atomic E-state index is 11.7. The van der Waals surface area contributed by atoms with Crippen LogP contribution in [-0.4, -0.2) is 35.7 Å². The fourth-order valence-corrected chi connectivity index (χ4v) is 1.41. The standard InChI is InChI=1S/C11H13ClN2O5/c1-2-3-18-4-5-19-11(15)8-6-10(12)13-7-9(8)14(16)17/h6-7H,2-5H2,1H3. The van der Waals surface area contributed by atoms with Crippen LogP contribution < -0.4 is 0 Å². The van der Waals surface area contributed by atoms with Crippen LogP contribution in [0.4, 0.5) is 5.69 Å². The number of carbonyl (C=O) groups is 1. The first-order chi connectivity index (χ1) is 9.06. The van der Waals surface area contributed by atoms with Gasteiger partial charge in [-0.25, -0.2) is 9.78 Å². The van der Waals surface area contributed by atoms with Crippen LogP contribution in [0.1, 0.15) is 23.7 Å². The Kier molecular flexibility index (Phi) is 6.17. The Labute approximate surface area is 114 Å². The van der Waals surface area contributed by atoms with E-state index in [0.29, 0.717) is 6.61 Å². The number of ether oxygens (including phenoxy) is 2. The maximum Gasteiger partial charge on any atom is 0.345 e. The molecule has 0 bridgehead atoms. The van der Waals surface area contributed by atoms with Crippen molar-refractivity contribution in [2.45, 2.75) is 13.3 Å². The van der Waals surface area contributed by atoms with Crippen LogP contribution in [0, 0.1) is 10.1 Å². The molecule has 1 aromatic rings. The molecule has 1 aromatic heterocycles. The van der Waals surface area contributed by atoms with Crippen LogP contribution in [0.5, 0.6) is 0 Å². The highest BCUT2D eigenvalue weighted by Gasteiger charge is 2.22. The van der Waals surface area contributed by atoms with Crippen molar-refractivity contribution < 1.29 is 19.2 Å². The average Bonchev–Trinajstić information content (AvgIpc) is 2.37. The minimum absolute atomic E-state index is 0.0141. The third-order valence-corrected chi connectivity index (χ3v) is 2.28. The van der Waals surface area contributed by atoms with Gasteiger partial charge in [0.2, 0.25) is 0 Å². The molecule has 0 saturated carbocycles. The zero-order valence-corrected chi connectivity index (χ0v) is 11.1. The lowest BCUT2D eigenvalue weighted by atomic mass is 10.2. The lowest BCUT2D eigenvalue weighted by Gasteiger charge is -2.06. The summed E-state index contributed by atoms with van der Waals surface area (Å²) in [7, 11) is 0. The molecule has 0 aromatic carbocycles. The van der Waals surface area contributed by atoms with Gasteiger partial charge in [0.1, 0.15) is 23.5 Å². The van der Waals surface area contributed by atoms with E-state index in [-0.39, 0.29) is 23.9 Å². The van der Waals surface area contributed by atoms with Crippen LogP contribution in [-0.2, 0) is 9.47 Å². The van der Waals surface area contributed by atoms with E-state index < -0.39 is 16.6 Å². The highest BCUT2D eigenvalue weighted by molar-refractivity contribution is 6.29. The molecule has 0 spiro atoms. The van der Waals surface area contributed by atoms with Crippen molar-refractivity contribution in [1.29, 1.82) is 0 Å². The van der Waals surface area contributed by atoms with Gasteiger partial charge in [-0.1, -0.05) is 18.5 Å². The molecule has 0 saturated heterocycles. The number of nitro groups is 1. The lowest BCUT2D eigenvalue weighted by molar-refractivity contribution is -0.385. The summed E-state index contributed by atoms with van der Waals surface area (Å²) in [6, 6.07) is 1.11. The molecule has 0 radical (unpaired) electrons. The van der Waals surface area contributed by atoms with Gasteiger partial charge in [-0.05, 0) is 12.5 Å². The van der Waals surface area contributed by atoms with Gasteiger partial charge in [0.05, 0.1) is 11.5 Å². The number of esters is 1. The Bertz CT molecular complexity index is 466. The summed E-state index contributed by atoms with van der Waals surface area (Å²) in [5.74, 6) is -0.823. The topological polar surface area (TPSA) is 91.6 Å². The highest BCUT2D eigenvalue weighted by Crippen LogP contribution is 2.21. The molecule has 0 aliphatic carbocycles. The minimum Gasteiger partial charge on any atom is -0.459 e. The summed E-state index contributed by atoms with van der Waals surface area (Å²) in [5.41, 5.74) is -0.663. The minimum atomic E-state index is -0.823. The predicted octanol–water partition coefficient (Wildman–Crippen LogP) is 2.23. The van der Waals surface area contributed by atoms with Crippen molar-refractivity contribution in [2.24, 2.45) is 0 Å². The molecule has 0 unspecified atom stereocenters. The van der Waals surface area contributed by atoms with Crippen LogP contribution >= 0.6 is 11.6 Å². The van der Waals surface area contributed by atoms with E-state index in [1.54, 1.807) is 0 Å². The zero-order chi connectivity index (χ0) is 14.3. The Hall–Kier alpha value is -1.73. The highest BCUT2D eigenvalue weighted by atomic mass is 35.5. The average molecular weight is 289 g/mol. The first kappa shape index (κ1) is 15.3. The maximum absolute atomic E-state index is 11.7. The van der Waals surface area contributed by atoms with Crippen LogP contribution in [0.3, 0.4) is 0 Å². The van der Waals surface area contributed by atoms with Gasteiger partial charge in [0, 0.05) is 6.61 Å². The number of halogens is 1. The van der Waals surface area contributed by atoms with Gasteiger partial charge in [-0.15, -0.1) is 0 Å². The summed E-state index contributed by atoms with van der Waals surface area (Å²) in [4.78, 5) is 25.3. The number of carbonyl (C=O) groups excluding carboxylic acids is 1. The van der Waals surface area contributed by atoms with E-state index in [0.717, 1.165) is 18.7 Å². The largest absolute Gasteiger partial charge is 0.459 e. The molecular weight excluding hydrogens is 276 g/mol. The van der Waals surface area contributed by atoms with E-state index >= 15 is 0 Å². The summed E-state index contributed by atoms with van der Waals surface area (Å²) in [5, 5.41) is 10.7. The molecule has 1 rings (SSSR count). The molecule has 0 fully saturated rings. The number of hydrogen-bond acceptors (Lipinski definition) is 6. The molecule has 7 nitrogen and oxygen atoms in total. The van der Waals surface area contributed by atoms with E-state index in [2.05, 4.69) is 4.98 Å². The van der Waals surface area contributed by atoms with Crippen molar-refractivity contribution >= 4 is 23.3 Å².